The Bertz CT molecular complexity index is 307. The van der Waals surface area contributed by atoms with Crippen molar-refractivity contribution in [3.63, 3.8) is 0 Å². The Morgan fingerprint density at radius 3 is 2.04 bits per heavy atom. The first kappa shape index (κ1) is 21.9. The van der Waals surface area contributed by atoms with Crippen LogP contribution in [0.5, 0.6) is 0 Å². The summed E-state index contributed by atoms with van der Waals surface area (Å²) in [7, 11) is 0. The van der Waals surface area contributed by atoms with Crippen LogP contribution in [0.15, 0.2) is 24.3 Å². The predicted molar refractivity (Wildman–Crippen MR) is 102 cm³/mol. The van der Waals surface area contributed by atoms with Crippen LogP contribution >= 0.6 is 0 Å². The Balaban J connectivity index is 3.23. The number of allylic oxidation sites excluding steroid dienone is 4. The van der Waals surface area contributed by atoms with Gasteiger partial charge < -0.3 is 5.32 Å². The van der Waals surface area contributed by atoms with E-state index >= 15 is 0 Å². The quantitative estimate of drug-likeness (QED) is 0.256. The van der Waals surface area contributed by atoms with Gasteiger partial charge in [-0.1, -0.05) is 70.3 Å². The summed E-state index contributed by atoms with van der Waals surface area (Å²) >= 11 is 0. The minimum absolute atomic E-state index is 0.164. The molecule has 2 heteroatoms. The summed E-state index contributed by atoms with van der Waals surface area (Å²) in [4.78, 5) is 11.4. The Hall–Kier alpha value is -1.05. The number of rotatable bonds is 16. The molecule has 0 aromatic rings. The van der Waals surface area contributed by atoms with Gasteiger partial charge in [0.15, 0.2) is 0 Å². The van der Waals surface area contributed by atoms with Gasteiger partial charge in [-0.15, -0.1) is 0 Å². The van der Waals surface area contributed by atoms with E-state index in [9.17, 15) is 4.79 Å². The lowest BCUT2D eigenvalue weighted by Crippen LogP contribution is -2.19. The molecule has 0 aliphatic heterocycles. The minimum atomic E-state index is 0.164. The van der Waals surface area contributed by atoms with Gasteiger partial charge >= 0.3 is 0 Å². The van der Waals surface area contributed by atoms with E-state index in [1.165, 1.54) is 57.8 Å². The molecular formula is C21H38NO. The third-order valence-electron chi connectivity index (χ3n) is 3.82. The molecule has 0 rings (SSSR count). The van der Waals surface area contributed by atoms with Crippen molar-refractivity contribution in [2.45, 2.75) is 97.3 Å². The molecule has 133 valence electrons. The average molecular weight is 321 g/mol. The van der Waals surface area contributed by atoms with Crippen LogP contribution in [0.25, 0.3) is 0 Å². The normalized spacial score (nSPS) is 11.6. The number of hydrogen-bond donors (Lipinski definition) is 1. The van der Waals surface area contributed by atoms with Gasteiger partial charge in [0.1, 0.15) is 0 Å². The molecule has 2 nitrogen and oxygen atoms in total. The lowest BCUT2D eigenvalue weighted by atomic mass is 10.1. The first-order valence-electron chi connectivity index (χ1n) is 9.72. The maximum atomic E-state index is 11.4. The number of nitrogens with one attached hydrogen (secondary N) is 1. The van der Waals surface area contributed by atoms with Crippen LogP contribution in [0, 0.1) is 6.54 Å². The summed E-state index contributed by atoms with van der Waals surface area (Å²) in [6, 6.07) is 0. The molecule has 0 aliphatic carbocycles. The first-order valence-corrected chi connectivity index (χ1v) is 9.72. The maximum Gasteiger partial charge on any atom is 0.220 e. The first-order chi connectivity index (χ1) is 11.3. The van der Waals surface area contributed by atoms with Gasteiger partial charge in [-0.25, -0.2) is 0 Å². The van der Waals surface area contributed by atoms with Crippen molar-refractivity contribution in [3.05, 3.63) is 30.8 Å². The molecule has 0 aliphatic rings. The highest BCUT2D eigenvalue weighted by Crippen LogP contribution is 2.08. The maximum absolute atomic E-state index is 11.4. The fourth-order valence-corrected chi connectivity index (χ4v) is 2.39. The smallest absolute Gasteiger partial charge is 0.220 e. The van der Waals surface area contributed by atoms with Crippen molar-refractivity contribution in [1.29, 1.82) is 0 Å². The molecule has 0 atom stereocenters. The van der Waals surface area contributed by atoms with E-state index in [-0.39, 0.29) is 5.91 Å². The summed E-state index contributed by atoms with van der Waals surface area (Å²) in [5, 5.41) is 2.80. The van der Waals surface area contributed by atoms with Gasteiger partial charge in [0.2, 0.25) is 5.91 Å². The summed E-state index contributed by atoms with van der Waals surface area (Å²) in [6.07, 6.45) is 24.2. The fourth-order valence-electron chi connectivity index (χ4n) is 2.39. The number of hydrogen-bond acceptors (Lipinski definition) is 1. The Morgan fingerprint density at radius 2 is 1.39 bits per heavy atom. The van der Waals surface area contributed by atoms with E-state index in [1.807, 2.05) is 13.5 Å². The zero-order chi connectivity index (χ0) is 17.0. The van der Waals surface area contributed by atoms with Crippen molar-refractivity contribution in [2.24, 2.45) is 0 Å². The molecular weight excluding hydrogens is 282 g/mol. The van der Waals surface area contributed by atoms with Crippen molar-refractivity contribution < 1.29 is 4.79 Å². The van der Waals surface area contributed by atoms with Crippen LogP contribution in [0.1, 0.15) is 97.3 Å². The predicted octanol–water partition coefficient (Wildman–Crippen LogP) is 6.49. The summed E-state index contributed by atoms with van der Waals surface area (Å²) in [6.45, 7) is 6.10. The Labute approximate surface area is 144 Å². The SMILES string of the molecule is CC[CH]NC(=O)CCCCCCC/C=C\C/C=C\CCCCC. The van der Waals surface area contributed by atoms with Crippen molar-refractivity contribution >= 4 is 5.91 Å². The molecule has 0 unspecified atom stereocenters. The van der Waals surface area contributed by atoms with E-state index in [0.29, 0.717) is 6.42 Å². The number of amides is 1. The zero-order valence-corrected chi connectivity index (χ0v) is 15.5. The molecule has 23 heavy (non-hydrogen) atoms. The van der Waals surface area contributed by atoms with E-state index in [0.717, 1.165) is 19.3 Å². The van der Waals surface area contributed by atoms with Crippen molar-refractivity contribution in [2.75, 3.05) is 0 Å². The molecule has 0 aromatic heterocycles. The Kier molecular flexibility index (Phi) is 18.1. The third-order valence-corrected chi connectivity index (χ3v) is 3.82. The Morgan fingerprint density at radius 1 is 0.783 bits per heavy atom. The summed E-state index contributed by atoms with van der Waals surface area (Å²) in [5.41, 5.74) is 0. The van der Waals surface area contributed by atoms with Gasteiger partial charge in [0.05, 0.1) is 0 Å². The van der Waals surface area contributed by atoms with E-state index in [4.69, 9.17) is 0 Å². The number of carbonyl (C=O) groups is 1. The van der Waals surface area contributed by atoms with E-state index in [1.54, 1.807) is 0 Å². The highest BCUT2D eigenvalue weighted by molar-refractivity contribution is 5.76. The fraction of sp³-hybridized carbons (Fsp3) is 0.714. The van der Waals surface area contributed by atoms with Crippen LogP contribution in [0.3, 0.4) is 0 Å². The highest BCUT2D eigenvalue weighted by atomic mass is 16.1. The molecule has 0 saturated carbocycles. The standard InChI is InChI=1S/C21H38NO/c1-3-5-6-7-8-9-10-11-12-13-14-15-16-17-18-19-21(23)22-20-4-2/h8-9,11-12,20H,3-7,10,13-19H2,1-2H3,(H,22,23)/b9-8-,12-11-. The molecule has 1 N–H and O–H groups in total. The van der Waals surface area contributed by atoms with Crippen LogP contribution in [-0.2, 0) is 4.79 Å². The summed E-state index contributed by atoms with van der Waals surface area (Å²) in [5.74, 6) is 0.164. The lowest BCUT2D eigenvalue weighted by molar-refractivity contribution is -0.120. The third kappa shape index (κ3) is 18.9. The molecule has 0 heterocycles. The van der Waals surface area contributed by atoms with E-state index < -0.39 is 0 Å². The van der Waals surface area contributed by atoms with Gasteiger partial charge in [-0.2, -0.15) is 0 Å². The lowest BCUT2D eigenvalue weighted by Gasteiger charge is -2.02. The molecule has 1 radical (unpaired) electrons. The minimum Gasteiger partial charge on any atom is -0.351 e. The van der Waals surface area contributed by atoms with Crippen LogP contribution in [-0.4, -0.2) is 5.91 Å². The van der Waals surface area contributed by atoms with Gasteiger partial charge in [0, 0.05) is 13.0 Å². The second-order valence-corrected chi connectivity index (χ2v) is 6.16. The largest absolute Gasteiger partial charge is 0.351 e. The highest BCUT2D eigenvalue weighted by Gasteiger charge is 1.99. The molecule has 0 saturated heterocycles. The van der Waals surface area contributed by atoms with E-state index in [2.05, 4.69) is 36.5 Å². The van der Waals surface area contributed by atoms with Crippen LogP contribution in [0.4, 0.5) is 0 Å². The summed E-state index contributed by atoms with van der Waals surface area (Å²) < 4.78 is 0. The molecule has 0 bridgehead atoms. The molecule has 0 spiro atoms. The van der Waals surface area contributed by atoms with Crippen LogP contribution in [0.2, 0.25) is 0 Å². The second-order valence-electron chi connectivity index (χ2n) is 6.16. The molecule has 0 fully saturated rings. The monoisotopic (exact) mass is 320 g/mol. The molecule has 0 aromatic carbocycles. The van der Waals surface area contributed by atoms with Crippen molar-refractivity contribution in [1.82, 2.24) is 5.32 Å². The van der Waals surface area contributed by atoms with Gasteiger partial charge in [-0.05, 0) is 44.9 Å². The number of unbranched alkanes of at least 4 members (excludes halogenated alkanes) is 8. The zero-order valence-electron chi connectivity index (χ0n) is 15.5. The van der Waals surface area contributed by atoms with Gasteiger partial charge in [-0.3, -0.25) is 4.79 Å². The number of carbonyl (C=O) groups excluding carboxylic acids is 1. The van der Waals surface area contributed by atoms with Gasteiger partial charge in [0.25, 0.3) is 0 Å². The topological polar surface area (TPSA) is 29.1 Å². The van der Waals surface area contributed by atoms with Crippen molar-refractivity contribution in [3.8, 4) is 0 Å². The second kappa shape index (κ2) is 19.0. The van der Waals surface area contributed by atoms with Crippen LogP contribution < -0.4 is 5.32 Å². The molecule has 1 amide bonds. The average Bonchev–Trinajstić information content (AvgIpc) is 2.56.